The van der Waals surface area contributed by atoms with E-state index in [9.17, 15) is 0 Å². The second-order valence-corrected chi connectivity index (χ2v) is 3.98. The van der Waals surface area contributed by atoms with Crippen molar-refractivity contribution in [2.24, 2.45) is 0 Å². The zero-order valence-electron chi connectivity index (χ0n) is 7.17. The quantitative estimate of drug-likeness (QED) is 0.677. The number of halogens is 1. The first-order chi connectivity index (χ1) is 5.84. The van der Waals surface area contributed by atoms with Gasteiger partial charge in [-0.25, -0.2) is 0 Å². The number of rotatable bonds is 4. The minimum absolute atomic E-state index is 0.500. The SMILES string of the molecule is [CH2]CCCC(Br)c1ccccc1. The monoisotopic (exact) mass is 225 g/mol. The van der Waals surface area contributed by atoms with E-state index in [2.05, 4.69) is 47.1 Å². The topological polar surface area (TPSA) is 0 Å². The molecule has 1 radical (unpaired) electrons. The van der Waals surface area contributed by atoms with Crippen LogP contribution in [0.5, 0.6) is 0 Å². The third-order valence-electron chi connectivity index (χ3n) is 1.87. The lowest BCUT2D eigenvalue weighted by molar-refractivity contribution is 0.741. The van der Waals surface area contributed by atoms with E-state index >= 15 is 0 Å². The lowest BCUT2D eigenvalue weighted by atomic mass is 10.1. The van der Waals surface area contributed by atoms with Crippen molar-refractivity contribution in [2.45, 2.75) is 24.1 Å². The van der Waals surface area contributed by atoms with Crippen LogP contribution in [0.4, 0.5) is 0 Å². The van der Waals surface area contributed by atoms with Crippen LogP contribution in [-0.4, -0.2) is 0 Å². The Hall–Kier alpha value is -0.300. The average molecular weight is 226 g/mol. The molecular formula is C11H14Br. The van der Waals surface area contributed by atoms with Crippen molar-refractivity contribution in [3.8, 4) is 0 Å². The molecule has 1 aromatic carbocycles. The molecule has 0 nitrogen and oxygen atoms in total. The first-order valence-electron chi connectivity index (χ1n) is 4.33. The number of unbranched alkanes of at least 4 members (excludes halogenated alkanes) is 1. The highest BCUT2D eigenvalue weighted by Crippen LogP contribution is 2.27. The summed E-state index contributed by atoms with van der Waals surface area (Å²) in [6, 6.07) is 10.5. The summed E-state index contributed by atoms with van der Waals surface area (Å²) in [6.45, 7) is 3.83. The summed E-state index contributed by atoms with van der Waals surface area (Å²) < 4.78 is 0. The molecule has 0 saturated carbocycles. The van der Waals surface area contributed by atoms with E-state index in [0.29, 0.717) is 4.83 Å². The summed E-state index contributed by atoms with van der Waals surface area (Å²) in [5.74, 6) is 0. The predicted molar refractivity (Wildman–Crippen MR) is 57.3 cm³/mol. The predicted octanol–water partition coefficient (Wildman–Crippen LogP) is 4.13. The van der Waals surface area contributed by atoms with Crippen molar-refractivity contribution in [1.82, 2.24) is 0 Å². The van der Waals surface area contributed by atoms with Crippen LogP contribution in [0.15, 0.2) is 30.3 Å². The molecule has 0 saturated heterocycles. The molecule has 0 N–H and O–H groups in total. The summed E-state index contributed by atoms with van der Waals surface area (Å²) >= 11 is 3.66. The van der Waals surface area contributed by atoms with Gasteiger partial charge in [-0.1, -0.05) is 66.0 Å². The maximum absolute atomic E-state index is 3.83. The summed E-state index contributed by atoms with van der Waals surface area (Å²) in [7, 11) is 0. The Morgan fingerprint density at radius 3 is 2.50 bits per heavy atom. The Bertz CT molecular complexity index is 206. The van der Waals surface area contributed by atoms with Gasteiger partial charge in [0.25, 0.3) is 0 Å². The van der Waals surface area contributed by atoms with Crippen LogP contribution in [-0.2, 0) is 0 Å². The largest absolute Gasteiger partial charge is 0.0839 e. The van der Waals surface area contributed by atoms with Gasteiger partial charge in [0, 0.05) is 4.83 Å². The van der Waals surface area contributed by atoms with Gasteiger partial charge in [-0.05, 0) is 12.0 Å². The number of benzene rings is 1. The molecule has 65 valence electrons. The molecule has 1 atom stereocenters. The van der Waals surface area contributed by atoms with Crippen LogP contribution in [0.25, 0.3) is 0 Å². The van der Waals surface area contributed by atoms with Crippen LogP contribution in [0.3, 0.4) is 0 Å². The van der Waals surface area contributed by atoms with Gasteiger partial charge in [-0.2, -0.15) is 0 Å². The lowest BCUT2D eigenvalue weighted by Gasteiger charge is -2.08. The van der Waals surface area contributed by atoms with E-state index in [1.807, 2.05) is 6.07 Å². The highest BCUT2D eigenvalue weighted by molar-refractivity contribution is 9.09. The maximum atomic E-state index is 3.83. The zero-order chi connectivity index (χ0) is 8.81. The number of hydrogen-bond donors (Lipinski definition) is 0. The van der Waals surface area contributed by atoms with Crippen molar-refractivity contribution in [1.29, 1.82) is 0 Å². The summed E-state index contributed by atoms with van der Waals surface area (Å²) in [6.07, 6.45) is 3.38. The summed E-state index contributed by atoms with van der Waals surface area (Å²) in [4.78, 5) is 0.500. The molecule has 0 fully saturated rings. The molecule has 12 heavy (non-hydrogen) atoms. The first-order valence-corrected chi connectivity index (χ1v) is 5.24. The van der Waals surface area contributed by atoms with Gasteiger partial charge in [-0.3, -0.25) is 0 Å². The second-order valence-electron chi connectivity index (χ2n) is 2.87. The van der Waals surface area contributed by atoms with Crippen molar-refractivity contribution >= 4 is 15.9 Å². The van der Waals surface area contributed by atoms with Crippen molar-refractivity contribution in [2.75, 3.05) is 0 Å². The fourth-order valence-corrected chi connectivity index (χ4v) is 1.78. The smallest absolute Gasteiger partial charge is 0.0395 e. The Morgan fingerprint density at radius 1 is 1.25 bits per heavy atom. The van der Waals surface area contributed by atoms with Crippen molar-refractivity contribution in [3.05, 3.63) is 42.8 Å². The molecule has 0 aliphatic rings. The Labute approximate surface area is 83.1 Å². The van der Waals surface area contributed by atoms with Crippen LogP contribution in [0.1, 0.15) is 29.7 Å². The Kier molecular flexibility index (Phi) is 4.37. The second kappa shape index (κ2) is 5.36. The highest BCUT2D eigenvalue weighted by atomic mass is 79.9. The fraction of sp³-hybridized carbons (Fsp3) is 0.364. The fourth-order valence-electron chi connectivity index (χ4n) is 1.15. The van der Waals surface area contributed by atoms with Crippen molar-refractivity contribution in [3.63, 3.8) is 0 Å². The van der Waals surface area contributed by atoms with E-state index in [0.717, 1.165) is 6.42 Å². The first kappa shape index (κ1) is 9.79. The van der Waals surface area contributed by atoms with Gasteiger partial charge < -0.3 is 0 Å². The molecule has 0 aliphatic carbocycles. The van der Waals surface area contributed by atoms with Crippen molar-refractivity contribution < 1.29 is 0 Å². The summed E-state index contributed by atoms with van der Waals surface area (Å²) in [5, 5.41) is 0. The standard InChI is InChI=1S/C11H14Br/c1-2-3-9-11(12)10-7-5-4-6-8-10/h4-8,11H,1-3,9H2. The molecule has 0 bridgehead atoms. The Morgan fingerprint density at radius 2 is 1.92 bits per heavy atom. The van der Waals surface area contributed by atoms with Gasteiger partial charge >= 0.3 is 0 Å². The molecule has 1 unspecified atom stereocenters. The normalized spacial score (nSPS) is 12.8. The molecule has 1 aromatic rings. The van der Waals surface area contributed by atoms with Gasteiger partial charge in [0.1, 0.15) is 0 Å². The maximum Gasteiger partial charge on any atom is 0.0395 e. The minimum atomic E-state index is 0.500. The minimum Gasteiger partial charge on any atom is -0.0839 e. The molecule has 0 aliphatic heterocycles. The van der Waals surface area contributed by atoms with Crippen LogP contribution >= 0.6 is 15.9 Å². The van der Waals surface area contributed by atoms with Gasteiger partial charge in [0.15, 0.2) is 0 Å². The molecule has 1 rings (SSSR count). The third-order valence-corrected chi connectivity index (χ3v) is 2.86. The zero-order valence-corrected chi connectivity index (χ0v) is 8.76. The lowest BCUT2D eigenvalue weighted by Crippen LogP contribution is -1.88. The molecule has 0 aromatic heterocycles. The summed E-state index contributed by atoms with van der Waals surface area (Å²) in [5.41, 5.74) is 1.37. The van der Waals surface area contributed by atoms with Gasteiger partial charge in [0.2, 0.25) is 0 Å². The van der Waals surface area contributed by atoms with E-state index in [-0.39, 0.29) is 0 Å². The molecule has 0 spiro atoms. The van der Waals surface area contributed by atoms with E-state index < -0.39 is 0 Å². The molecule has 1 heteroatoms. The number of hydrogen-bond acceptors (Lipinski definition) is 0. The highest BCUT2D eigenvalue weighted by Gasteiger charge is 2.04. The molecule has 0 heterocycles. The molecular weight excluding hydrogens is 212 g/mol. The van der Waals surface area contributed by atoms with Crippen LogP contribution in [0.2, 0.25) is 0 Å². The van der Waals surface area contributed by atoms with E-state index in [1.54, 1.807) is 0 Å². The van der Waals surface area contributed by atoms with Crippen LogP contribution < -0.4 is 0 Å². The van der Waals surface area contributed by atoms with E-state index in [1.165, 1.54) is 18.4 Å². The van der Waals surface area contributed by atoms with Gasteiger partial charge in [-0.15, -0.1) is 0 Å². The van der Waals surface area contributed by atoms with Crippen LogP contribution in [0, 0.1) is 6.92 Å². The third kappa shape index (κ3) is 2.98. The number of alkyl halides is 1. The average Bonchev–Trinajstić information content (AvgIpc) is 2.15. The van der Waals surface area contributed by atoms with Gasteiger partial charge in [0.05, 0.1) is 0 Å². The van der Waals surface area contributed by atoms with E-state index in [4.69, 9.17) is 0 Å². The Balaban J connectivity index is 2.48. The molecule has 0 amide bonds.